The summed E-state index contributed by atoms with van der Waals surface area (Å²) in [4.78, 5) is 4.55. The second-order valence-electron chi connectivity index (χ2n) is 3.53. The van der Waals surface area contributed by atoms with Crippen molar-refractivity contribution in [3.05, 3.63) is 29.8 Å². The Morgan fingerprint density at radius 3 is 3.23 bits per heavy atom. The number of benzene rings is 1. The zero-order valence-corrected chi connectivity index (χ0v) is 7.25. The summed E-state index contributed by atoms with van der Waals surface area (Å²) >= 11 is 0. The molecule has 1 fully saturated rings. The number of fused-ring (bicyclic) bond motifs is 2. The Morgan fingerprint density at radius 1 is 1.31 bits per heavy atom. The van der Waals surface area contributed by atoms with E-state index < -0.39 is 0 Å². The lowest BCUT2D eigenvalue weighted by molar-refractivity contribution is 0.649. The van der Waals surface area contributed by atoms with Crippen molar-refractivity contribution in [2.45, 2.75) is 6.42 Å². The highest BCUT2D eigenvalue weighted by atomic mass is 15.4. The molecule has 0 aliphatic carbocycles. The van der Waals surface area contributed by atoms with Crippen molar-refractivity contribution in [3.8, 4) is 0 Å². The average molecular weight is 173 g/mol. The van der Waals surface area contributed by atoms with E-state index in [4.69, 9.17) is 0 Å². The van der Waals surface area contributed by atoms with Crippen molar-refractivity contribution in [2.75, 3.05) is 6.54 Å². The maximum atomic E-state index is 4.55. The minimum absolute atomic E-state index is 0.551. The minimum atomic E-state index is 0.551. The first-order valence-corrected chi connectivity index (χ1v) is 4.59. The van der Waals surface area contributed by atoms with E-state index in [-0.39, 0.29) is 0 Å². The van der Waals surface area contributed by atoms with Gasteiger partial charge in [-0.1, -0.05) is 18.2 Å². The molecule has 13 heavy (non-hydrogen) atoms. The van der Waals surface area contributed by atoms with Crippen molar-refractivity contribution in [2.24, 2.45) is 10.9 Å². The Bertz CT molecular complexity index is 370. The molecular formula is C10H11N3. The molecule has 1 aromatic carbocycles. The molecule has 3 rings (SSSR count). The summed E-state index contributed by atoms with van der Waals surface area (Å²) < 4.78 is 0. The first-order chi connectivity index (χ1) is 6.43. The number of amidine groups is 1. The fourth-order valence-electron chi connectivity index (χ4n) is 1.94. The van der Waals surface area contributed by atoms with Crippen LogP contribution in [0.2, 0.25) is 0 Å². The Kier molecular flexibility index (Phi) is 1.40. The monoisotopic (exact) mass is 173 g/mol. The lowest BCUT2D eigenvalue weighted by Gasteiger charge is -2.16. The largest absolute Gasteiger partial charge is 0.309 e. The van der Waals surface area contributed by atoms with Crippen LogP contribution in [-0.4, -0.2) is 12.4 Å². The van der Waals surface area contributed by atoms with Crippen LogP contribution in [0.1, 0.15) is 5.56 Å². The number of nitrogens with one attached hydrogen (secondary N) is 2. The van der Waals surface area contributed by atoms with Crippen molar-refractivity contribution in [1.82, 2.24) is 10.9 Å². The summed E-state index contributed by atoms with van der Waals surface area (Å²) in [6.07, 6.45) is 1.11. The van der Waals surface area contributed by atoms with Gasteiger partial charge in [0, 0.05) is 12.5 Å². The predicted octanol–water partition coefficient (Wildman–Crippen LogP) is 0.997. The summed E-state index contributed by atoms with van der Waals surface area (Å²) in [7, 11) is 0. The number of para-hydroxylation sites is 1. The Balaban J connectivity index is 2.10. The molecule has 0 spiro atoms. The van der Waals surface area contributed by atoms with E-state index in [2.05, 4.69) is 34.0 Å². The smallest absolute Gasteiger partial charge is 0.121 e. The van der Waals surface area contributed by atoms with Gasteiger partial charge in [-0.3, -0.25) is 0 Å². The molecule has 1 saturated heterocycles. The topological polar surface area (TPSA) is 36.4 Å². The zero-order chi connectivity index (χ0) is 8.67. The molecule has 2 heterocycles. The van der Waals surface area contributed by atoms with Crippen LogP contribution in [0, 0.1) is 5.92 Å². The van der Waals surface area contributed by atoms with Crippen molar-refractivity contribution < 1.29 is 0 Å². The van der Waals surface area contributed by atoms with E-state index in [0.717, 1.165) is 24.5 Å². The number of rotatable bonds is 0. The van der Waals surface area contributed by atoms with Crippen LogP contribution in [0.15, 0.2) is 29.3 Å². The Labute approximate surface area is 76.8 Å². The molecule has 66 valence electrons. The highest BCUT2D eigenvalue weighted by Crippen LogP contribution is 2.28. The summed E-state index contributed by atoms with van der Waals surface area (Å²) in [6, 6.07) is 8.34. The molecular weight excluding hydrogens is 162 g/mol. The number of hydrogen-bond acceptors (Lipinski definition) is 3. The van der Waals surface area contributed by atoms with Gasteiger partial charge in [-0.15, -0.1) is 0 Å². The molecule has 2 aliphatic rings. The normalized spacial score (nSPS) is 24.3. The maximum Gasteiger partial charge on any atom is 0.121 e. The molecule has 3 heteroatoms. The van der Waals surface area contributed by atoms with Crippen molar-refractivity contribution in [1.29, 1.82) is 0 Å². The fourth-order valence-corrected chi connectivity index (χ4v) is 1.94. The van der Waals surface area contributed by atoms with Crippen LogP contribution in [0.25, 0.3) is 0 Å². The van der Waals surface area contributed by atoms with Gasteiger partial charge in [0.2, 0.25) is 0 Å². The SMILES string of the molecule is c1ccc2c(c1)CC1CNNC1=N2. The molecule has 0 amide bonds. The van der Waals surface area contributed by atoms with Gasteiger partial charge in [0.1, 0.15) is 5.84 Å². The third-order valence-corrected chi connectivity index (χ3v) is 2.65. The summed E-state index contributed by atoms with van der Waals surface area (Å²) in [5, 5.41) is 0. The number of hydrazine groups is 1. The van der Waals surface area contributed by atoms with Gasteiger partial charge in [-0.2, -0.15) is 0 Å². The van der Waals surface area contributed by atoms with Crippen LogP contribution in [0.5, 0.6) is 0 Å². The van der Waals surface area contributed by atoms with E-state index in [1.54, 1.807) is 0 Å². The summed E-state index contributed by atoms with van der Waals surface area (Å²) in [5.41, 5.74) is 8.70. The van der Waals surface area contributed by atoms with Crippen molar-refractivity contribution in [3.63, 3.8) is 0 Å². The highest BCUT2D eigenvalue weighted by molar-refractivity contribution is 5.90. The van der Waals surface area contributed by atoms with E-state index in [1.165, 1.54) is 5.56 Å². The third kappa shape index (κ3) is 1.04. The van der Waals surface area contributed by atoms with Gasteiger partial charge in [0.05, 0.1) is 5.69 Å². The van der Waals surface area contributed by atoms with Crippen LogP contribution < -0.4 is 10.9 Å². The summed E-state index contributed by atoms with van der Waals surface area (Å²) in [6.45, 7) is 0.993. The summed E-state index contributed by atoms with van der Waals surface area (Å²) in [5.74, 6) is 1.65. The van der Waals surface area contributed by atoms with Gasteiger partial charge in [-0.05, 0) is 18.1 Å². The number of hydrogen-bond donors (Lipinski definition) is 2. The van der Waals surface area contributed by atoms with Gasteiger partial charge >= 0.3 is 0 Å². The molecule has 2 aliphatic heterocycles. The lowest BCUT2D eigenvalue weighted by atomic mass is 9.95. The first kappa shape index (κ1) is 7.09. The molecule has 0 saturated carbocycles. The van der Waals surface area contributed by atoms with Crippen LogP contribution in [-0.2, 0) is 6.42 Å². The Hall–Kier alpha value is -1.35. The van der Waals surface area contributed by atoms with Gasteiger partial charge in [0.15, 0.2) is 0 Å². The lowest BCUT2D eigenvalue weighted by Crippen LogP contribution is -2.27. The van der Waals surface area contributed by atoms with E-state index in [9.17, 15) is 0 Å². The van der Waals surface area contributed by atoms with E-state index >= 15 is 0 Å². The minimum Gasteiger partial charge on any atom is -0.309 e. The van der Waals surface area contributed by atoms with Crippen LogP contribution in [0.3, 0.4) is 0 Å². The Morgan fingerprint density at radius 2 is 2.23 bits per heavy atom. The molecule has 0 aromatic heterocycles. The molecule has 2 N–H and O–H groups in total. The quantitative estimate of drug-likeness (QED) is 0.614. The molecule has 1 aromatic rings. The van der Waals surface area contributed by atoms with Gasteiger partial charge in [0.25, 0.3) is 0 Å². The van der Waals surface area contributed by atoms with Gasteiger partial charge < -0.3 is 5.43 Å². The zero-order valence-electron chi connectivity index (χ0n) is 7.25. The average Bonchev–Trinajstić information content (AvgIpc) is 2.61. The molecule has 3 nitrogen and oxygen atoms in total. The number of nitrogens with zero attached hydrogens (tertiary/aromatic N) is 1. The molecule has 1 unspecified atom stereocenters. The second kappa shape index (κ2) is 2.57. The predicted molar refractivity (Wildman–Crippen MR) is 51.9 cm³/mol. The first-order valence-electron chi connectivity index (χ1n) is 4.59. The molecule has 0 bridgehead atoms. The van der Waals surface area contributed by atoms with Crippen LogP contribution >= 0.6 is 0 Å². The van der Waals surface area contributed by atoms with Gasteiger partial charge in [-0.25, -0.2) is 10.4 Å². The molecule has 1 atom stereocenters. The number of aliphatic imine (C=N–C) groups is 1. The second-order valence-corrected chi connectivity index (χ2v) is 3.53. The third-order valence-electron chi connectivity index (χ3n) is 2.65. The van der Waals surface area contributed by atoms with E-state index in [1.807, 2.05) is 6.07 Å². The fraction of sp³-hybridized carbons (Fsp3) is 0.300. The van der Waals surface area contributed by atoms with Crippen molar-refractivity contribution >= 4 is 11.5 Å². The maximum absolute atomic E-state index is 4.55. The van der Waals surface area contributed by atoms with E-state index in [0.29, 0.717) is 5.92 Å². The standard InChI is InChI=1S/C10H11N3/c1-2-4-9-7(3-1)5-8-6-11-13-10(8)12-9/h1-4,8,11H,5-6H2,(H,12,13). The highest BCUT2D eigenvalue weighted by Gasteiger charge is 2.26. The van der Waals surface area contributed by atoms with Crippen LogP contribution in [0.4, 0.5) is 5.69 Å². The molecule has 0 radical (unpaired) electrons.